The zero-order valence-corrected chi connectivity index (χ0v) is 17.9. The molecular formula is C19H28ClF3N2O2S. The largest absolute Gasteiger partial charge is 0.417 e. The van der Waals surface area contributed by atoms with Gasteiger partial charge in [-0.1, -0.05) is 56.5 Å². The van der Waals surface area contributed by atoms with Crippen LogP contribution in [-0.4, -0.2) is 36.4 Å². The molecule has 0 saturated carbocycles. The summed E-state index contributed by atoms with van der Waals surface area (Å²) in [7, 11) is 0. The quantitative estimate of drug-likeness (QED) is 0.321. The van der Waals surface area contributed by atoms with Gasteiger partial charge in [0.05, 0.1) is 16.3 Å². The number of aromatic nitrogens is 1. The summed E-state index contributed by atoms with van der Waals surface area (Å²) in [6.45, 7) is 6.16. The lowest BCUT2D eigenvalue weighted by molar-refractivity contribution is -0.137. The van der Waals surface area contributed by atoms with Gasteiger partial charge in [-0.3, -0.25) is 4.79 Å². The zero-order chi connectivity index (χ0) is 21.0. The predicted molar refractivity (Wildman–Crippen MR) is 107 cm³/mol. The number of halogens is 4. The lowest BCUT2D eigenvalue weighted by Crippen LogP contribution is -2.27. The van der Waals surface area contributed by atoms with Crippen LogP contribution in [-0.2, 0) is 15.7 Å². The Balaban J connectivity index is 2.20. The van der Waals surface area contributed by atoms with Crippen LogP contribution >= 0.6 is 23.4 Å². The number of thioether (sulfide) groups is 1. The number of alkyl halides is 3. The van der Waals surface area contributed by atoms with Crippen LogP contribution < -0.4 is 5.32 Å². The third kappa shape index (κ3) is 9.98. The van der Waals surface area contributed by atoms with Crippen molar-refractivity contribution in [3.8, 4) is 0 Å². The molecule has 9 heteroatoms. The fraction of sp³-hybridized carbons (Fsp3) is 0.684. The van der Waals surface area contributed by atoms with E-state index in [2.05, 4.69) is 24.1 Å². The molecule has 0 fully saturated rings. The summed E-state index contributed by atoms with van der Waals surface area (Å²) in [5.41, 5.74) is -0.911. The Morgan fingerprint density at radius 3 is 2.71 bits per heavy atom. The molecule has 1 rings (SSSR count). The molecular weight excluding hydrogens is 413 g/mol. The smallest absolute Gasteiger partial charge is 0.381 e. The molecule has 160 valence electrons. The number of nitrogens with zero attached hydrogens (tertiary/aromatic N) is 1. The van der Waals surface area contributed by atoms with Crippen molar-refractivity contribution in [1.29, 1.82) is 0 Å². The topological polar surface area (TPSA) is 51.2 Å². The number of unbranched alkanes of at least 4 members (excludes halogenated alkanes) is 1. The summed E-state index contributed by atoms with van der Waals surface area (Å²) in [6.07, 6.45) is 1.62. The summed E-state index contributed by atoms with van der Waals surface area (Å²) < 4.78 is 43.4. The molecule has 1 amide bonds. The molecule has 1 heterocycles. The van der Waals surface area contributed by atoms with Gasteiger partial charge in [0.1, 0.15) is 5.03 Å². The Morgan fingerprint density at radius 2 is 2.11 bits per heavy atom. The van der Waals surface area contributed by atoms with Crippen molar-refractivity contribution in [1.82, 2.24) is 10.3 Å². The Morgan fingerprint density at radius 1 is 1.36 bits per heavy atom. The van der Waals surface area contributed by atoms with Crippen molar-refractivity contribution >= 4 is 29.3 Å². The zero-order valence-electron chi connectivity index (χ0n) is 16.3. The van der Waals surface area contributed by atoms with Crippen LogP contribution in [0.3, 0.4) is 0 Å². The van der Waals surface area contributed by atoms with E-state index in [9.17, 15) is 18.0 Å². The maximum atomic E-state index is 12.6. The second-order valence-electron chi connectivity index (χ2n) is 6.49. The van der Waals surface area contributed by atoms with Crippen molar-refractivity contribution in [3.05, 3.63) is 22.8 Å². The highest BCUT2D eigenvalue weighted by molar-refractivity contribution is 8.00. The second kappa shape index (κ2) is 13.3. The number of hydrogen-bond acceptors (Lipinski definition) is 4. The third-order valence-electron chi connectivity index (χ3n) is 4.16. The van der Waals surface area contributed by atoms with Gasteiger partial charge in [0, 0.05) is 26.0 Å². The normalized spacial score (nSPS) is 12.8. The lowest BCUT2D eigenvalue weighted by Gasteiger charge is -2.14. The van der Waals surface area contributed by atoms with E-state index < -0.39 is 11.7 Å². The summed E-state index contributed by atoms with van der Waals surface area (Å²) in [5, 5.41) is 2.84. The molecule has 1 N–H and O–H groups in total. The number of amides is 1. The Hall–Kier alpha value is -0.990. The first-order chi connectivity index (χ1) is 13.3. The number of hydrogen-bond donors (Lipinski definition) is 1. The van der Waals surface area contributed by atoms with E-state index in [4.69, 9.17) is 16.3 Å². The maximum Gasteiger partial charge on any atom is 0.417 e. The van der Waals surface area contributed by atoms with E-state index in [1.165, 1.54) is 19.3 Å². The molecule has 0 saturated heterocycles. The molecule has 4 nitrogen and oxygen atoms in total. The molecule has 0 radical (unpaired) electrons. The fourth-order valence-corrected chi connectivity index (χ4v) is 3.45. The number of carbonyl (C=O) groups is 1. The van der Waals surface area contributed by atoms with Gasteiger partial charge in [-0.2, -0.15) is 13.2 Å². The van der Waals surface area contributed by atoms with Crippen LogP contribution in [0.2, 0.25) is 5.02 Å². The molecule has 1 aromatic rings. The molecule has 28 heavy (non-hydrogen) atoms. The van der Waals surface area contributed by atoms with E-state index in [-0.39, 0.29) is 21.7 Å². The van der Waals surface area contributed by atoms with Gasteiger partial charge in [0.15, 0.2) is 0 Å². The first kappa shape index (κ1) is 25.0. The first-order valence-electron chi connectivity index (χ1n) is 9.47. The van der Waals surface area contributed by atoms with Crippen LogP contribution in [0.5, 0.6) is 0 Å². The lowest BCUT2D eigenvalue weighted by atomic mass is 10.0. The van der Waals surface area contributed by atoms with E-state index >= 15 is 0 Å². The third-order valence-corrected chi connectivity index (χ3v) is 5.56. The highest BCUT2D eigenvalue weighted by Crippen LogP contribution is 2.33. The number of ether oxygens (including phenoxy) is 1. The number of rotatable bonds is 13. The van der Waals surface area contributed by atoms with Crippen LogP contribution in [0.25, 0.3) is 0 Å². The van der Waals surface area contributed by atoms with Crippen LogP contribution in [0, 0.1) is 5.92 Å². The molecule has 1 unspecified atom stereocenters. The predicted octanol–water partition coefficient (Wildman–Crippen LogP) is 5.59. The molecule has 0 aliphatic heterocycles. The molecule has 0 aliphatic rings. The fourth-order valence-electron chi connectivity index (χ4n) is 2.42. The minimum absolute atomic E-state index is 0.0356. The molecule has 0 aromatic carbocycles. The summed E-state index contributed by atoms with van der Waals surface area (Å²) >= 11 is 6.82. The summed E-state index contributed by atoms with van der Waals surface area (Å²) in [4.78, 5) is 15.5. The monoisotopic (exact) mass is 440 g/mol. The Bertz CT molecular complexity index is 603. The molecule has 1 aromatic heterocycles. The van der Waals surface area contributed by atoms with E-state index in [0.29, 0.717) is 31.7 Å². The van der Waals surface area contributed by atoms with Crippen molar-refractivity contribution in [2.75, 3.05) is 25.5 Å². The second-order valence-corrected chi connectivity index (χ2v) is 7.86. The average molecular weight is 441 g/mol. The van der Waals surface area contributed by atoms with E-state index in [1.807, 2.05) is 0 Å². The van der Waals surface area contributed by atoms with Crippen LogP contribution in [0.1, 0.15) is 51.5 Å². The van der Waals surface area contributed by atoms with Crippen molar-refractivity contribution in [2.24, 2.45) is 5.92 Å². The number of pyridine rings is 1. The summed E-state index contributed by atoms with van der Waals surface area (Å²) in [6, 6.07) is 0.816. The van der Waals surface area contributed by atoms with Gasteiger partial charge in [-0.15, -0.1) is 0 Å². The molecule has 0 bridgehead atoms. The van der Waals surface area contributed by atoms with Gasteiger partial charge in [0.25, 0.3) is 0 Å². The maximum absolute atomic E-state index is 12.6. The standard InChI is InChI=1S/C19H28ClF3N2O2S/c1-3-5-7-14(4-2)12-27-9-6-8-24-17(26)13-28-18-16(20)10-15(11-25-18)19(21,22)23/h10-11,14H,3-9,12-13H2,1-2H3,(H,24,26). The van der Waals surface area contributed by atoms with E-state index in [1.54, 1.807) is 0 Å². The Labute approximate surface area is 174 Å². The van der Waals surface area contributed by atoms with Gasteiger partial charge >= 0.3 is 6.18 Å². The van der Waals surface area contributed by atoms with Crippen molar-refractivity contribution in [3.63, 3.8) is 0 Å². The number of nitrogens with one attached hydrogen (secondary N) is 1. The van der Waals surface area contributed by atoms with E-state index in [0.717, 1.165) is 30.9 Å². The minimum atomic E-state index is -4.49. The SMILES string of the molecule is CCCCC(CC)COCCCNC(=O)CSc1ncc(C(F)(F)F)cc1Cl. The minimum Gasteiger partial charge on any atom is -0.381 e. The average Bonchev–Trinajstić information content (AvgIpc) is 2.65. The molecule has 1 atom stereocenters. The summed E-state index contributed by atoms with van der Waals surface area (Å²) in [5.74, 6) is 0.400. The Kier molecular flexibility index (Phi) is 11.9. The van der Waals surface area contributed by atoms with Crippen molar-refractivity contribution < 1.29 is 22.7 Å². The van der Waals surface area contributed by atoms with Gasteiger partial charge in [0.2, 0.25) is 5.91 Å². The van der Waals surface area contributed by atoms with Gasteiger partial charge in [-0.25, -0.2) is 4.98 Å². The highest BCUT2D eigenvalue weighted by atomic mass is 35.5. The highest BCUT2D eigenvalue weighted by Gasteiger charge is 2.31. The molecule has 0 spiro atoms. The van der Waals surface area contributed by atoms with Crippen LogP contribution in [0.15, 0.2) is 17.3 Å². The van der Waals surface area contributed by atoms with Gasteiger partial charge < -0.3 is 10.1 Å². The first-order valence-corrected chi connectivity index (χ1v) is 10.8. The van der Waals surface area contributed by atoms with Crippen molar-refractivity contribution in [2.45, 2.75) is 57.2 Å². The van der Waals surface area contributed by atoms with Crippen LogP contribution in [0.4, 0.5) is 13.2 Å². The van der Waals surface area contributed by atoms with Gasteiger partial charge in [-0.05, 0) is 24.8 Å². The number of carbonyl (C=O) groups excluding carboxylic acids is 1. The molecule has 0 aliphatic carbocycles.